The van der Waals surface area contributed by atoms with E-state index in [9.17, 15) is 19.8 Å². The van der Waals surface area contributed by atoms with Crippen molar-refractivity contribution >= 4 is 5.91 Å². The largest absolute Gasteiger partial charge is 0.507 e. The second-order valence-electron chi connectivity index (χ2n) is 2.87. The summed E-state index contributed by atoms with van der Waals surface area (Å²) < 4.78 is 0.915. The first-order valence-corrected chi connectivity index (χ1v) is 3.82. The van der Waals surface area contributed by atoms with Gasteiger partial charge in [-0.25, -0.2) is 0 Å². The molecule has 1 amide bonds. The minimum Gasteiger partial charge on any atom is -0.507 e. The van der Waals surface area contributed by atoms with Crippen molar-refractivity contribution in [2.75, 3.05) is 0 Å². The van der Waals surface area contributed by atoms with E-state index >= 15 is 0 Å². The van der Waals surface area contributed by atoms with Crippen LogP contribution in [0.1, 0.15) is 5.56 Å². The van der Waals surface area contributed by atoms with E-state index in [1.165, 1.54) is 7.05 Å². The Morgan fingerprint density at radius 3 is 2.64 bits per heavy atom. The summed E-state index contributed by atoms with van der Waals surface area (Å²) in [6.45, 7) is 0. The SMILES string of the molecule is Cn1c(O)c(CC(N)=O)c(O)cc1=O. The molecule has 76 valence electrons. The van der Waals surface area contributed by atoms with Crippen molar-refractivity contribution in [1.29, 1.82) is 0 Å². The molecule has 0 bridgehead atoms. The minimum absolute atomic E-state index is 0.0420. The Balaban J connectivity index is 3.36. The highest BCUT2D eigenvalue weighted by molar-refractivity contribution is 5.78. The number of rotatable bonds is 2. The van der Waals surface area contributed by atoms with Crippen LogP contribution in [-0.2, 0) is 18.3 Å². The second kappa shape index (κ2) is 3.41. The molecular formula is C8H10N2O4. The lowest BCUT2D eigenvalue weighted by Crippen LogP contribution is -2.19. The molecule has 1 aromatic rings. The summed E-state index contributed by atoms with van der Waals surface area (Å²) in [7, 11) is 1.32. The van der Waals surface area contributed by atoms with Crippen LogP contribution >= 0.6 is 0 Å². The standard InChI is InChI=1S/C8H10N2O4/c1-10-7(13)3-5(11)4(8(10)14)2-6(9)12/h3,11,14H,2H2,1H3,(H2,9,12). The number of carbonyl (C=O) groups excluding carboxylic acids is 1. The number of pyridine rings is 1. The van der Waals surface area contributed by atoms with Gasteiger partial charge < -0.3 is 15.9 Å². The van der Waals surface area contributed by atoms with E-state index in [1.54, 1.807) is 0 Å². The highest BCUT2D eigenvalue weighted by Crippen LogP contribution is 2.23. The van der Waals surface area contributed by atoms with Gasteiger partial charge >= 0.3 is 0 Å². The van der Waals surface area contributed by atoms with Gasteiger partial charge in [0.05, 0.1) is 12.0 Å². The zero-order valence-corrected chi connectivity index (χ0v) is 7.52. The summed E-state index contributed by atoms with van der Waals surface area (Å²) in [4.78, 5) is 21.6. The van der Waals surface area contributed by atoms with Gasteiger partial charge in [0.15, 0.2) is 0 Å². The lowest BCUT2D eigenvalue weighted by atomic mass is 10.1. The van der Waals surface area contributed by atoms with Gasteiger partial charge in [0.2, 0.25) is 11.8 Å². The van der Waals surface area contributed by atoms with Crippen molar-refractivity contribution in [1.82, 2.24) is 4.57 Å². The molecule has 0 aliphatic carbocycles. The van der Waals surface area contributed by atoms with Gasteiger partial charge in [0.25, 0.3) is 5.56 Å². The van der Waals surface area contributed by atoms with Gasteiger partial charge in [0.1, 0.15) is 5.75 Å². The molecule has 1 heterocycles. The summed E-state index contributed by atoms with van der Waals surface area (Å²) >= 11 is 0. The monoisotopic (exact) mass is 198 g/mol. The van der Waals surface area contributed by atoms with Crippen LogP contribution in [0.25, 0.3) is 0 Å². The second-order valence-corrected chi connectivity index (χ2v) is 2.87. The summed E-state index contributed by atoms with van der Waals surface area (Å²) in [5, 5.41) is 18.7. The molecule has 0 saturated carbocycles. The third kappa shape index (κ3) is 1.68. The summed E-state index contributed by atoms with van der Waals surface area (Å²) in [5.74, 6) is -1.58. The molecule has 0 aliphatic rings. The van der Waals surface area contributed by atoms with E-state index in [-0.39, 0.29) is 12.0 Å². The van der Waals surface area contributed by atoms with Gasteiger partial charge in [0, 0.05) is 13.1 Å². The summed E-state index contributed by atoms with van der Waals surface area (Å²) in [6, 6.07) is 0.915. The first-order valence-electron chi connectivity index (χ1n) is 3.82. The predicted molar refractivity (Wildman–Crippen MR) is 47.9 cm³/mol. The third-order valence-electron chi connectivity index (χ3n) is 1.84. The van der Waals surface area contributed by atoms with Crippen molar-refractivity contribution in [2.24, 2.45) is 12.8 Å². The summed E-state index contributed by atoms with van der Waals surface area (Å²) in [6.07, 6.45) is -0.314. The minimum atomic E-state index is -0.700. The first-order chi connectivity index (χ1) is 6.43. The highest BCUT2D eigenvalue weighted by Gasteiger charge is 2.14. The molecule has 6 nitrogen and oxygen atoms in total. The van der Waals surface area contributed by atoms with Crippen molar-refractivity contribution in [3.63, 3.8) is 0 Å². The van der Waals surface area contributed by atoms with Crippen LogP contribution in [0.2, 0.25) is 0 Å². The van der Waals surface area contributed by atoms with Crippen molar-refractivity contribution in [3.05, 3.63) is 22.0 Å². The zero-order valence-electron chi connectivity index (χ0n) is 7.52. The van der Waals surface area contributed by atoms with E-state index < -0.39 is 23.1 Å². The maximum Gasteiger partial charge on any atom is 0.256 e. The molecule has 0 unspecified atom stereocenters. The first kappa shape index (κ1) is 10.1. The fourth-order valence-electron chi connectivity index (χ4n) is 1.07. The topological polar surface area (TPSA) is 106 Å². The number of primary amides is 1. The molecule has 0 aliphatic heterocycles. The molecule has 0 fully saturated rings. The third-order valence-corrected chi connectivity index (χ3v) is 1.84. The molecule has 0 atom stereocenters. The number of nitrogens with zero attached hydrogens (tertiary/aromatic N) is 1. The number of aromatic nitrogens is 1. The molecule has 6 heteroatoms. The normalized spacial score (nSPS) is 10.1. The van der Waals surface area contributed by atoms with Crippen LogP contribution in [0.4, 0.5) is 0 Å². The lowest BCUT2D eigenvalue weighted by molar-refractivity contribution is -0.117. The quantitative estimate of drug-likeness (QED) is 0.556. The zero-order chi connectivity index (χ0) is 10.9. The number of hydrogen-bond donors (Lipinski definition) is 3. The molecule has 14 heavy (non-hydrogen) atoms. The molecule has 1 aromatic heterocycles. The smallest absolute Gasteiger partial charge is 0.256 e. The molecule has 0 spiro atoms. The average Bonchev–Trinajstić information content (AvgIpc) is 2.09. The molecule has 0 radical (unpaired) electrons. The van der Waals surface area contributed by atoms with E-state index in [4.69, 9.17) is 5.73 Å². The molecule has 4 N–H and O–H groups in total. The van der Waals surface area contributed by atoms with E-state index in [1.807, 2.05) is 0 Å². The van der Waals surface area contributed by atoms with Crippen molar-refractivity contribution < 1.29 is 15.0 Å². The fourth-order valence-corrected chi connectivity index (χ4v) is 1.07. The van der Waals surface area contributed by atoms with Crippen molar-refractivity contribution in [3.8, 4) is 11.6 Å². The number of nitrogens with two attached hydrogens (primary N) is 1. The van der Waals surface area contributed by atoms with Crippen LogP contribution in [0, 0.1) is 0 Å². The van der Waals surface area contributed by atoms with Crippen LogP contribution in [0.15, 0.2) is 10.9 Å². The Morgan fingerprint density at radius 1 is 1.57 bits per heavy atom. The molecular weight excluding hydrogens is 188 g/mol. The fraction of sp³-hybridized carbons (Fsp3) is 0.250. The maximum absolute atomic E-state index is 11.0. The number of amides is 1. The Hall–Kier alpha value is -1.98. The lowest BCUT2D eigenvalue weighted by Gasteiger charge is -2.08. The molecule has 0 saturated heterocycles. The molecule has 1 rings (SSSR count). The van der Waals surface area contributed by atoms with E-state index in [0.29, 0.717) is 0 Å². The summed E-state index contributed by atoms with van der Waals surface area (Å²) in [5.41, 5.74) is 4.30. The van der Waals surface area contributed by atoms with Gasteiger partial charge in [-0.2, -0.15) is 0 Å². The average molecular weight is 198 g/mol. The van der Waals surface area contributed by atoms with Crippen LogP contribution in [0.5, 0.6) is 11.6 Å². The van der Waals surface area contributed by atoms with Crippen LogP contribution < -0.4 is 11.3 Å². The number of carbonyl (C=O) groups is 1. The van der Waals surface area contributed by atoms with Crippen LogP contribution in [0.3, 0.4) is 0 Å². The van der Waals surface area contributed by atoms with E-state index in [2.05, 4.69) is 0 Å². The highest BCUT2D eigenvalue weighted by atomic mass is 16.3. The Morgan fingerprint density at radius 2 is 2.14 bits per heavy atom. The van der Waals surface area contributed by atoms with E-state index in [0.717, 1.165) is 10.6 Å². The number of aromatic hydroxyl groups is 2. The van der Waals surface area contributed by atoms with Gasteiger partial charge in [-0.3, -0.25) is 14.2 Å². The van der Waals surface area contributed by atoms with Crippen LogP contribution in [-0.4, -0.2) is 20.7 Å². The maximum atomic E-state index is 11.0. The Kier molecular flexibility index (Phi) is 2.46. The predicted octanol–water partition coefficient (Wildman–Crippen LogP) is -1.18. The Bertz CT molecular complexity index is 436. The van der Waals surface area contributed by atoms with Crippen molar-refractivity contribution in [2.45, 2.75) is 6.42 Å². The van der Waals surface area contributed by atoms with Gasteiger partial charge in [-0.15, -0.1) is 0 Å². The molecule has 0 aromatic carbocycles. The van der Waals surface area contributed by atoms with Gasteiger partial charge in [-0.05, 0) is 0 Å². The Labute approximate surface area is 79.2 Å². The van der Waals surface area contributed by atoms with Gasteiger partial charge in [-0.1, -0.05) is 0 Å². The number of hydrogen-bond acceptors (Lipinski definition) is 4.